The predicted molar refractivity (Wildman–Crippen MR) is 182 cm³/mol. The van der Waals surface area contributed by atoms with Gasteiger partial charge in [-0.15, -0.1) is 0 Å². The number of hydrogen-bond donors (Lipinski definition) is 0. The first-order valence-electron chi connectivity index (χ1n) is 12.2. The van der Waals surface area contributed by atoms with E-state index in [0.29, 0.717) is 16.2 Å². The molecular formula is C35H84B. The highest BCUT2D eigenvalue weighted by atomic mass is 14.6. The van der Waals surface area contributed by atoms with E-state index in [0.717, 1.165) is 35.5 Å². The van der Waals surface area contributed by atoms with Crippen LogP contribution in [0.2, 0.25) is 0 Å². The Hall–Kier alpha value is 0.0649. The van der Waals surface area contributed by atoms with E-state index in [1.807, 2.05) is 0 Å². The third kappa shape index (κ3) is 8.80. The number of hydrogen-bond acceptors (Lipinski definition) is 0. The SMILES string of the molecule is C.C.C.C.C.C.C.C.C.CC(CC(C)(C)C)C1CCC2C3CCC4CCCCC4(C)C3CCC12C.[2HH].[B]. The lowest BCUT2D eigenvalue weighted by molar-refractivity contribution is -0.115. The Balaban J connectivity index is -0.000000127. The van der Waals surface area contributed by atoms with Gasteiger partial charge in [-0.1, -0.05) is 121 Å². The molecule has 0 nitrogen and oxygen atoms in total. The molecule has 0 aromatic heterocycles. The fourth-order valence-corrected chi connectivity index (χ4v) is 9.38. The zero-order valence-corrected chi connectivity index (χ0v) is 19.3. The molecule has 8 atom stereocenters. The minimum absolute atomic E-state index is 0. The molecule has 0 aromatic rings. The van der Waals surface area contributed by atoms with Crippen molar-refractivity contribution in [3.05, 3.63) is 0 Å². The number of fused-ring (bicyclic) bond motifs is 5. The molecule has 4 saturated carbocycles. The van der Waals surface area contributed by atoms with Gasteiger partial charge in [0.1, 0.15) is 0 Å². The van der Waals surface area contributed by atoms with Crippen LogP contribution in [0.15, 0.2) is 0 Å². The van der Waals surface area contributed by atoms with Gasteiger partial charge in [0.2, 0.25) is 0 Å². The van der Waals surface area contributed by atoms with Crippen molar-refractivity contribution in [2.45, 2.75) is 179 Å². The van der Waals surface area contributed by atoms with E-state index < -0.39 is 0 Å². The second kappa shape index (κ2) is 18.4. The third-order valence-corrected chi connectivity index (χ3v) is 10.3. The molecule has 4 aliphatic rings. The van der Waals surface area contributed by atoms with Gasteiger partial charge in [-0.25, -0.2) is 0 Å². The normalized spacial score (nSPS) is 36.0. The minimum Gasteiger partial charge on any atom is -0.0776 e. The molecule has 1 heteroatoms. The van der Waals surface area contributed by atoms with Crippen LogP contribution in [0.5, 0.6) is 0 Å². The molecule has 0 saturated heterocycles. The maximum absolute atomic E-state index is 2.74. The van der Waals surface area contributed by atoms with Crippen molar-refractivity contribution in [2.24, 2.45) is 51.8 Å². The van der Waals surface area contributed by atoms with Crippen LogP contribution >= 0.6 is 0 Å². The molecule has 0 aliphatic heterocycles. The molecule has 36 heavy (non-hydrogen) atoms. The highest BCUT2D eigenvalue weighted by Gasteiger charge is 2.60. The summed E-state index contributed by atoms with van der Waals surface area (Å²) in [6.07, 6.45) is 16.9. The van der Waals surface area contributed by atoms with Crippen molar-refractivity contribution >= 4 is 8.41 Å². The molecule has 3 radical (unpaired) electrons. The monoisotopic (exact) mass is 517 g/mol. The molecule has 0 spiro atoms. The molecule has 0 bridgehead atoms. The molecule has 4 fully saturated rings. The first kappa shape index (κ1) is 52.5. The third-order valence-electron chi connectivity index (χ3n) is 10.3. The Bertz CT molecular complexity index is 526. The zero-order chi connectivity index (χ0) is 18.7. The highest BCUT2D eigenvalue weighted by molar-refractivity contribution is 5.75. The highest BCUT2D eigenvalue weighted by Crippen LogP contribution is 2.68. The molecule has 0 amide bonds. The van der Waals surface area contributed by atoms with Crippen LogP contribution in [0.25, 0.3) is 0 Å². The van der Waals surface area contributed by atoms with E-state index in [1.165, 1.54) is 25.7 Å². The molecule has 4 rings (SSSR count). The van der Waals surface area contributed by atoms with Crippen LogP contribution in [0.1, 0.15) is 180 Å². The van der Waals surface area contributed by atoms with Crippen molar-refractivity contribution < 1.29 is 1.43 Å². The molecule has 227 valence electrons. The summed E-state index contributed by atoms with van der Waals surface area (Å²) < 4.78 is 0. The van der Waals surface area contributed by atoms with Crippen LogP contribution in [0.3, 0.4) is 0 Å². The van der Waals surface area contributed by atoms with Crippen molar-refractivity contribution in [3.8, 4) is 0 Å². The van der Waals surface area contributed by atoms with Gasteiger partial charge in [0.05, 0.1) is 0 Å². The van der Waals surface area contributed by atoms with Crippen LogP contribution in [-0.4, -0.2) is 8.41 Å². The Morgan fingerprint density at radius 1 is 0.667 bits per heavy atom. The van der Waals surface area contributed by atoms with E-state index in [-0.39, 0.29) is 76.7 Å². The maximum atomic E-state index is 2.74. The zero-order valence-electron chi connectivity index (χ0n) is 19.3. The Morgan fingerprint density at radius 3 is 1.72 bits per heavy atom. The van der Waals surface area contributed by atoms with Crippen LogP contribution < -0.4 is 0 Å². The molecular weight excluding hydrogens is 431 g/mol. The van der Waals surface area contributed by atoms with E-state index in [1.54, 1.807) is 44.9 Å². The standard InChI is InChI=1S/C26H46.9CH4.B.H2/c1-18(17-24(2,3)4)21-12-13-22-20-11-10-19-9-7-8-15-25(19,5)23(20)14-16-26(21,22)6;;;;;;;;;;;/h18-23H,7-17H2,1-6H3;9*1H4;;1H/i;;;;;;;;;;;1+1. The fourth-order valence-electron chi connectivity index (χ4n) is 9.38. The largest absolute Gasteiger partial charge is 0.0776 e. The summed E-state index contributed by atoms with van der Waals surface area (Å²) in [5.74, 6) is 6.15. The summed E-state index contributed by atoms with van der Waals surface area (Å²) in [7, 11) is 0. The van der Waals surface area contributed by atoms with E-state index in [4.69, 9.17) is 0 Å². The van der Waals surface area contributed by atoms with Crippen molar-refractivity contribution in [3.63, 3.8) is 0 Å². The van der Waals surface area contributed by atoms with Crippen LogP contribution in [-0.2, 0) is 0 Å². The van der Waals surface area contributed by atoms with Gasteiger partial charge >= 0.3 is 0 Å². The van der Waals surface area contributed by atoms with E-state index >= 15 is 0 Å². The topological polar surface area (TPSA) is 0 Å². The van der Waals surface area contributed by atoms with Gasteiger partial charge in [-0.2, -0.15) is 0 Å². The van der Waals surface area contributed by atoms with Gasteiger partial charge in [-0.05, 0) is 110 Å². The second-order valence-electron chi connectivity index (χ2n) is 12.9. The summed E-state index contributed by atoms with van der Waals surface area (Å²) in [4.78, 5) is 0. The first-order chi connectivity index (χ1) is 12.2. The number of rotatable bonds is 2. The summed E-state index contributed by atoms with van der Waals surface area (Å²) in [6, 6.07) is 0. The lowest BCUT2D eigenvalue weighted by Gasteiger charge is -2.61. The predicted octanol–water partition coefficient (Wildman–Crippen LogP) is 13.7. The van der Waals surface area contributed by atoms with Gasteiger partial charge in [0.25, 0.3) is 0 Å². The molecule has 0 N–H and O–H groups in total. The Kier molecular flexibility index (Phi) is 26.8. The average Bonchev–Trinajstić information content (AvgIpc) is 2.90. The molecule has 0 aromatic carbocycles. The summed E-state index contributed by atoms with van der Waals surface area (Å²) in [5, 5.41) is 0. The first-order valence-corrected chi connectivity index (χ1v) is 12.2. The van der Waals surface area contributed by atoms with Crippen molar-refractivity contribution in [1.82, 2.24) is 0 Å². The fraction of sp³-hybridized carbons (Fsp3) is 1.00. The average molecular weight is 517 g/mol. The van der Waals surface area contributed by atoms with Gasteiger partial charge in [-0.3, -0.25) is 0 Å². The second-order valence-corrected chi connectivity index (χ2v) is 12.9. The smallest absolute Gasteiger partial charge is 0 e. The quantitative estimate of drug-likeness (QED) is 0.320. The van der Waals surface area contributed by atoms with Crippen LogP contribution in [0, 0.1) is 51.8 Å². The Morgan fingerprint density at radius 2 is 1.19 bits per heavy atom. The molecule has 0 heterocycles. The van der Waals surface area contributed by atoms with Gasteiger partial charge in [0.15, 0.2) is 0 Å². The summed E-state index contributed by atoms with van der Waals surface area (Å²) >= 11 is 0. The molecule has 8 unspecified atom stereocenters. The molecule has 4 aliphatic carbocycles. The van der Waals surface area contributed by atoms with Gasteiger partial charge in [0, 0.05) is 9.84 Å². The van der Waals surface area contributed by atoms with Gasteiger partial charge < -0.3 is 0 Å². The lowest BCUT2D eigenvalue weighted by atomic mass is 9.44. The summed E-state index contributed by atoms with van der Waals surface area (Å²) in [6.45, 7) is 15.4. The maximum Gasteiger partial charge on any atom is 0 e. The van der Waals surface area contributed by atoms with Crippen LogP contribution in [0.4, 0.5) is 0 Å². The Labute approximate surface area is 240 Å². The van der Waals surface area contributed by atoms with E-state index in [2.05, 4.69) is 41.5 Å². The van der Waals surface area contributed by atoms with Crippen molar-refractivity contribution in [2.75, 3.05) is 0 Å². The van der Waals surface area contributed by atoms with Crippen molar-refractivity contribution in [1.29, 1.82) is 0 Å². The lowest BCUT2D eigenvalue weighted by Crippen LogP contribution is -2.53. The summed E-state index contributed by atoms with van der Waals surface area (Å²) in [5.41, 5.74) is 1.85. The minimum atomic E-state index is 0. The van der Waals surface area contributed by atoms with E-state index in [9.17, 15) is 0 Å².